The van der Waals surface area contributed by atoms with E-state index in [4.69, 9.17) is 5.73 Å². The first kappa shape index (κ1) is 12.1. The largest absolute Gasteiger partial charge is 0.382 e. The van der Waals surface area contributed by atoms with Gasteiger partial charge in [-0.3, -0.25) is 9.48 Å². The summed E-state index contributed by atoms with van der Waals surface area (Å²) in [5, 5.41) is 4.14. The first-order valence-corrected chi connectivity index (χ1v) is 6.60. The van der Waals surface area contributed by atoms with Gasteiger partial charge in [-0.2, -0.15) is 5.10 Å². The zero-order valence-electron chi connectivity index (χ0n) is 10.5. The summed E-state index contributed by atoms with van der Waals surface area (Å²) in [6.07, 6.45) is 6.91. The first-order valence-electron chi connectivity index (χ1n) is 6.60. The van der Waals surface area contributed by atoms with Gasteiger partial charge in [-0.25, -0.2) is 0 Å². The highest BCUT2D eigenvalue weighted by Gasteiger charge is 2.24. The van der Waals surface area contributed by atoms with Crippen molar-refractivity contribution < 1.29 is 4.79 Å². The summed E-state index contributed by atoms with van der Waals surface area (Å²) in [4.78, 5) is 12.4. The van der Waals surface area contributed by atoms with Crippen molar-refractivity contribution in [3.05, 3.63) is 11.8 Å². The highest BCUT2D eigenvalue weighted by Crippen LogP contribution is 2.26. The summed E-state index contributed by atoms with van der Waals surface area (Å²) >= 11 is 0. The Morgan fingerprint density at radius 3 is 2.65 bits per heavy atom. The normalized spacial score (nSPS) is 17.9. The zero-order chi connectivity index (χ0) is 12.3. The van der Waals surface area contributed by atoms with Crippen LogP contribution >= 0.6 is 0 Å². The fourth-order valence-corrected chi connectivity index (χ4v) is 2.63. The highest BCUT2D eigenvalue weighted by molar-refractivity contribution is 5.97. The Balaban J connectivity index is 2.17. The second kappa shape index (κ2) is 5.34. The van der Waals surface area contributed by atoms with E-state index in [9.17, 15) is 4.79 Å². The molecule has 1 aromatic heterocycles. The van der Waals surface area contributed by atoms with Gasteiger partial charge in [0, 0.05) is 18.5 Å². The summed E-state index contributed by atoms with van der Waals surface area (Å²) in [5.74, 6) is 0.862. The number of rotatable bonds is 3. The molecule has 0 radical (unpaired) electrons. The van der Waals surface area contributed by atoms with Crippen LogP contribution in [0.5, 0.6) is 0 Å². The number of Topliss-reactive ketones (excluding diaryl/α,β-unsaturated/α-hetero) is 1. The number of hydrogen-bond acceptors (Lipinski definition) is 3. The molecule has 4 nitrogen and oxygen atoms in total. The van der Waals surface area contributed by atoms with Crippen molar-refractivity contribution >= 4 is 11.6 Å². The van der Waals surface area contributed by atoms with E-state index < -0.39 is 0 Å². The Kier molecular flexibility index (Phi) is 3.82. The molecule has 1 aromatic rings. The second-order valence-corrected chi connectivity index (χ2v) is 4.82. The lowest BCUT2D eigenvalue weighted by Crippen LogP contribution is -2.18. The Morgan fingerprint density at radius 2 is 2.06 bits per heavy atom. The molecular formula is C13H21N3O. The van der Waals surface area contributed by atoms with Gasteiger partial charge in [-0.05, 0) is 19.8 Å². The average molecular weight is 235 g/mol. The minimum Gasteiger partial charge on any atom is -0.382 e. The molecule has 0 aliphatic heterocycles. The van der Waals surface area contributed by atoms with Crippen LogP contribution in [0.3, 0.4) is 0 Å². The van der Waals surface area contributed by atoms with Crippen LogP contribution in [0.15, 0.2) is 6.07 Å². The molecule has 1 aliphatic carbocycles. The summed E-state index contributed by atoms with van der Waals surface area (Å²) in [6.45, 7) is 2.68. The van der Waals surface area contributed by atoms with Crippen LogP contribution in [0.25, 0.3) is 0 Å². The maximum Gasteiger partial charge on any atom is 0.183 e. The highest BCUT2D eigenvalue weighted by atomic mass is 16.1. The molecule has 94 valence electrons. The van der Waals surface area contributed by atoms with E-state index in [1.165, 1.54) is 25.7 Å². The fourth-order valence-electron chi connectivity index (χ4n) is 2.63. The van der Waals surface area contributed by atoms with Gasteiger partial charge < -0.3 is 5.73 Å². The lowest BCUT2D eigenvalue weighted by Gasteiger charge is -2.13. The smallest absolute Gasteiger partial charge is 0.183 e. The molecule has 0 spiro atoms. The number of aromatic nitrogens is 2. The molecule has 1 heterocycles. The number of hydrogen-bond donors (Lipinski definition) is 1. The molecule has 0 saturated heterocycles. The van der Waals surface area contributed by atoms with Crippen LogP contribution < -0.4 is 5.73 Å². The van der Waals surface area contributed by atoms with Crippen molar-refractivity contribution in [1.29, 1.82) is 0 Å². The minimum atomic E-state index is 0.180. The molecule has 2 N–H and O–H groups in total. The SMILES string of the molecule is CCn1nc(N)cc1C(=O)C1CCCCCC1. The van der Waals surface area contributed by atoms with Crippen molar-refractivity contribution in [1.82, 2.24) is 9.78 Å². The van der Waals surface area contributed by atoms with Crippen LogP contribution in [0.4, 0.5) is 5.82 Å². The number of carbonyl (C=O) groups is 1. The molecule has 4 heteroatoms. The van der Waals surface area contributed by atoms with E-state index in [1.54, 1.807) is 10.7 Å². The van der Waals surface area contributed by atoms with Gasteiger partial charge in [-0.1, -0.05) is 25.7 Å². The Morgan fingerprint density at radius 1 is 1.41 bits per heavy atom. The molecule has 0 amide bonds. The fraction of sp³-hybridized carbons (Fsp3) is 0.692. The van der Waals surface area contributed by atoms with Crippen LogP contribution in [-0.4, -0.2) is 15.6 Å². The van der Waals surface area contributed by atoms with Gasteiger partial charge in [0.1, 0.15) is 11.5 Å². The van der Waals surface area contributed by atoms with Crippen LogP contribution in [0.1, 0.15) is 55.9 Å². The maximum atomic E-state index is 12.4. The minimum absolute atomic E-state index is 0.180. The third kappa shape index (κ3) is 2.68. The molecule has 0 unspecified atom stereocenters. The Bertz CT molecular complexity index is 389. The second-order valence-electron chi connectivity index (χ2n) is 4.82. The van der Waals surface area contributed by atoms with E-state index in [1.807, 2.05) is 6.92 Å². The van der Waals surface area contributed by atoms with Gasteiger partial charge in [0.05, 0.1) is 0 Å². The van der Waals surface area contributed by atoms with Crippen molar-refractivity contribution in [2.45, 2.75) is 52.0 Å². The number of ketones is 1. The van der Waals surface area contributed by atoms with Gasteiger partial charge in [0.25, 0.3) is 0 Å². The Hall–Kier alpha value is -1.32. The third-order valence-corrected chi connectivity index (χ3v) is 3.58. The number of nitrogens with two attached hydrogens (primary N) is 1. The average Bonchev–Trinajstić information content (AvgIpc) is 2.55. The van der Waals surface area contributed by atoms with Crippen LogP contribution in [0.2, 0.25) is 0 Å². The predicted molar refractivity (Wildman–Crippen MR) is 67.8 cm³/mol. The Labute approximate surface area is 102 Å². The molecule has 2 rings (SSSR count). The third-order valence-electron chi connectivity index (χ3n) is 3.58. The van der Waals surface area contributed by atoms with Gasteiger partial charge in [0.15, 0.2) is 5.78 Å². The number of carbonyl (C=O) groups excluding carboxylic acids is 1. The monoisotopic (exact) mass is 235 g/mol. The molecule has 0 bridgehead atoms. The van der Waals surface area contributed by atoms with E-state index in [0.29, 0.717) is 18.1 Å². The molecule has 17 heavy (non-hydrogen) atoms. The van der Waals surface area contributed by atoms with Crippen molar-refractivity contribution in [2.24, 2.45) is 5.92 Å². The number of aryl methyl sites for hydroxylation is 1. The molecule has 1 aliphatic rings. The first-order chi connectivity index (χ1) is 8.22. The summed E-state index contributed by atoms with van der Waals surface area (Å²) < 4.78 is 1.72. The summed E-state index contributed by atoms with van der Waals surface area (Å²) in [6, 6.07) is 1.72. The molecule has 1 saturated carbocycles. The number of anilines is 1. The predicted octanol–water partition coefficient (Wildman–Crippen LogP) is 2.64. The van der Waals surface area contributed by atoms with Gasteiger partial charge in [0.2, 0.25) is 0 Å². The van der Waals surface area contributed by atoms with Gasteiger partial charge >= 0.3 is 0 Å². The number of nitrogen functional groups attached to an aromatic ring is 1. The maximum absolute atomic E-state index is 12.4. The quantitative estimate of drug-likeness (QED) is 0.647. The van der Waals surface area contributed by atoms with E-state index in [0.717, 1.165) is 12.8 Å². The van der Waals surface area contributed by atoms with Crippen LogP contribution in [-0.2, 0) is 6.54 Å². The molecule has 1 fully saturated rings. The molecular weight excluding hydrogens is 214 g/mol. The lowest BCUT2D eigenvalue weighted by atomic mass is 9.93. The summed E-state index contributed by atoms with van der Waals surface area (Å²) in [7, 11) is 0. The molecule has 0 atom stereocenters. The van der Waals surface area contributed by atoms with E-state index in [-0.39, 0.29) is 11.7 Å². The number of nitrogens with zero attached hydrogens (tertiary/aromatic N) is 2. The standard InChI is InChI=1S/C13H21N3O/c1-2-16-11(9-12(14)15-16)13(17)10-7-5-3-4-6-8-10/h9-10H,2-8H2,1H3,(H2,14,15). The van der Waals surface area contributed by atoms with E-state index >= 15 is 0 Å². The molecule has 0 aromatic carbocycles. The topological polar surface area (TPSA) is 60.9 Å². The van der Waals surface area contributed by atoms with Crippen molar-refractivity contribution in [3.63, 3.8) is 0 Å². The van der Waals surface area contributed by atoms with Crippen molar-refractivity contribution in [2.75, 3.05) is 5.73 Å². The summed E-state index contributed by atoms with van der Waals surface area (Å²) in [5.41, 5.74) is 6.36. The van der Waals surface area contributed by atoms with Crippen molar-refractivity contribution in [3.8, 4) is 0 Å². The lowest BCUT2D eigenvalue weighted by molar-refractivity contribution is 0.0897. The van der Waals surface area contributed by atoms with Crippen LogP contribution in [0, 0.1) is 5.92 Å². The zero-order valence-corrected chi connectivity index (χ0v) is 10.5. The van der Waals surface area contributed by atoms with E-state index in [2.05, 4.69) is 5.10 Å². The van der Waals surface area contributed by atoms with Gasteiger partial charge in [-0.15, -0.1) is 0 Å².